The number of piperidine rings is 1. The van der Waals surface area contributed by atoms with Crippen LogP contribution in [-0.4, -0.2) is 29.6 Å². The summed E-state index contributed by atoms with van der Waals surface area (Å²) in [6.45, 7) is 6.24. The van der Waals surface area contributed by atoms with Crippen molar-refractivity contribution < 1.29 is 4.79 Å². The molecule has 0 aromatic heterocycles. The van der Waals surface area contributed by atoms with Crippen LogP contribution in [0.2, 0.25) is 0 Å². The molecule has 0 radical (unpaired) electrons. The molecule has 0 N–H and O–H groups in total. The summed E-state index contributed by atoms with van der Waals surface area (Å²) in [5.74, 6) is 1.88. The third-order valence-electron chi connectivity index (χ3n) is 3.62. The number of carbonyl (C=O) groups is 1. The van der Waals surface area contributed by atoms with Crippen LogP contribution in [0.3, 0.4) is 0 Å². The second-order valence-corrected chi connectivity index (χ2v) is 6.67. The summed E-state index contributed by atoms with van der Waals surface area (Å²) in [5, 5.41) is 0. The molecule has 0 spiro atoms. The van der Waals surface area contributed by atoms with Crippen LogP contribution in [0.5, 0.6) is 0 Å². The summed E-state index contributed by atoms with van der Waals surface area (Å²) in [5.41, 5.74) is 1.28. The number of thioether (sulfide) groups is 1. The van der Waals surface area contributed by atoms with Gasteiger partial charge in [-0.05, 0) is 37.8 Å². The molecule has 1 aromatic carbocycles. The topological polar surface area (TPSA) is 20.3 Å². The zero-order valence-corrected chi connectivity index (χ0v) is 12.7. The highest BCUT2D eigenvalue weighted by Crippen LogP contribution is 2.21. The molecule has 0 aliphatic carbocycles. The molecule has 0 bridgehead atoms. The summed E-state index contributed by atoms with van der Waals surface area (Å²) in [6, 6.07) is 8.51. The molecule has 2 rings (SSSR count). The van der Waals surface area contributed by atoms with E-state index in [-0.39, 0.29) is 0 Å². The number of hydrogen-bond acceptors (Lipinski definition) is 2. The normalized spacial score (nSPS) is 19.5. The zero-order chi connectivity index (χ0) is 13.7. The van der Waals surface area contributed by atoms with Gasteiger partial charge in [0.25, 0.3) is 0 Å². The Hall–Kier alpha value is -0.960. The SMILES string of the molecule is Cc1ccc(SCCC(=O)N2CCC[C@@H](C)C2)cc1. The second-order valence-electron chi connectivity index (χ2n) is 5.50. The van der Waals surface area contributed by atoms with Gasteiger partial charge in [-0.3, -0.25) is 4.79 Å². The zero-order valence-electron chi connectivity index (χ0n) is 11.9. The van der Waals surface area contributed by atoms with Crippen LogP contribution >= 0.6 is 11.8 Å². The predicted molar refractivity (Wildman–Crippen MR) is 81.5 cm³/mol. The summed E-state index contributed by atoms with van der Waals surface area (Å²) in [6.07, 6.45) is 3.09. The maximum atomic E-state index is 12.1. The molecule has 1 atom stereocenters. The number of benzene rings is 1. The molecule has 0 unspecified atom stereocenters. The average Bonchev–Trinajstić information content (AvgIpc) is 2.41. The van der Waals surface area contributed by atoms with Crippen molar-refractivity contribution >= 4 is 17.7 Å². The maximum Gasteiger partial charge on any atom is 0.223 e. The highest BCUT2D eigenvalue weighted by Gasteiger charge is 2.20. The van der Waals surface area contributed by atoms with Crippen LogP contribution in [0.15, 0.2) is 29.2 Å². The highest BCUT2D eigenvalue weighted by molar-refractivity contribution is 7.99. The van der Waals surface area contributed by atoms with Gasteiger partial charge in [0.15, 0.2) is 0 Å². The Bertz CT molecular complexity index is 415. The monoisotopic (exact) mass is 277 g/mol. The van der Waals surface area contributed by atoms with E-state index in [4.69, 9.17) is 0 Å². The Labute approximate surface area is 120 Å². The number of carbonyl (C=O) groups excluding carboxylic acids is 1. The van der Waals surface area contributed by atoms with E-state index in [0.717, 1.165) is 25.3 Å². The van der Waals surface area contributed by atoms with E-state index in [1.54, 1.807) is 11.8 Å². The Morgan fingerprint density at radius 1 is 1.37 bits per heavy atom. The van der Waals surface area contributed by atoms with Crippen LogP contribution < -0.4 is 0 Å². The molecule has 1 aliphatic heterocycles. The first kappa shape index (κ1) is 14.4. The van der Waals surface area contributed by atoms with Crippen molar-refractivity contribution in [3.05, 3.63) is 29.8 Å². The van der Waals surface area contributed by atoms with Gasteiger partial charge in [0.1, 0.15) is 0 Å². The van der Waals surface area contributed by atoms with Gasteiger partial charge in [-0.2, -0.15) is 0 Å². The van der Waals surface area contributed by atoms with Gasteiger partial charge in [-0.1, -0.05) is 24.6 Å². The summed E-state index contributed by atoms with van der Waals surface area (Å²) in [4.78, 5) is 15.4. The van der Waals surface area contributed by atoms with Gasteiger partial charge < -0.3 is 4.90 Å². The van der Waals surface area contributed by atoms with E-state index in [9.17, 15) is 4.79 Å². The fourth-order valence-corrected chi connectivity index (χ4v) is 3.31. The lowest BCUT2D eigenvalue weighted by molar-refractivity contribution is -0.132. The molecular weight excluding hydrogens is 254 g/mol. The first-order chi connectivity index (χ1) is 9.15. The standard InChI is InChI=1S/C16H23NOS/c1-13-5-7-15(8-6-13)19-11-9-16(18)17-10-3-4-14(2)12-17/h5-8,14H,3-4,9-12H2,1-2H3/t14-/m1/s1. The highest BCUT2D eigenvalue weighted by atomic mass is 32.2. The summed E-state index contributed by atoms with van der Waals surface area (Å²) in [7, 11) is 0. The molecule has 0 saturated carbocycles. The third kappa shape index (κ3) is 4.57. The van der Waals surface area contributed by atoms with Gasteiger partial charge in [0.2, 0.25) is 5.91 Å². The van der Waals surface area contributed by atoms with Crippen molar-refractivity contribution in [1.29, 1.82) is 0 Å². The molecular formula is C16H23NOS. The number of likely N-dealkylation sites (tertiary alicyclic amines) is 1. The van der Waals surface area contributed by atoms with E-state index in [1.807, 2.05) is 4.90 Å². The molecule has 1 amide bonds. The van der Waals surface area contributed by atoms with Crippen molar-refractivity contribution in [2.75, 3.05) is 18.8 Å². The van der Waals surface area contributed by atoms with Gasteiger partial charge in [-0.25, -0.2) is 0 Å². The predicted octanol–water partition coefficient (Wildman–Crippen LogP) is 3.74. The lowest BCUT2D eigenvalue weighted by Gasteiger charge is -2.31. The lowest BCUT2D eigenvalue weighted by atomic mass is 10.0. The van der Waals surface area contributed by atoms with Crippen molar-refractivity contribution in [1.82, 2.24) is 4.90 Å². The lowest BCUT2D eigenvalue weighted by Crippen LogP contribution is -2.39. The molecule has 1 aromatic rings. The molecule has 2 nitrogen and oxygen atoms in total. The van der Waals surface area contributed by atoms with Crippen molar-refractivity contribution in [3.63, 3.8) is 0 Å². The van der Waals surface area contributed by atoms with Gasteiger partial charge in [0, 0.05) is 30.2 Å². The molecule has 1 saturated heterocycles. The number of rotatable bonds is 4. The number of amides is 1. The van der Waals surface area contributed by atoms with Gasteiger partial charge in [-0.15, -0.1) is 11.8 Å². The van der Waals surface area contributed by atoms with E-state index >= 15 is 0 Å². The Morgan fingerprint density at radius 2 is 2.11 bits per heavy atom. The van der Waals surface area contributed by atoms with Crippen molar-refractivity contribution in [3.8, 4) is 0 Å². The Morgan fingerprint density at radius 3 is 2.79 bits per heavy atom. The third-order valence-corrected chi connectivity index (χ3v) is 4.63. The van der Waals surface area contributed by atoms with Gasteiger partial charge >= 0.3 is 0 Å². The van der Waals surface area contributed by atoms with E-state index in [1.165, 1.54) is 16.9 Å². The smallest absolute Gasteiger partial charge is 0.223 e. The van der Waals surface area contributed by atoms with Crippen LogP contribution in [0.1, 0.15) is 31.7 Å². The molecule has 3 heteroatoms. The van der Waals surface area contributed by atoms with Crippen LogP contribution in [0, 0.1) is 12.8 Å². The largest absolute Gasteiger partial charge is 0.342 e. The molecule has 1 aliphatic rings. The molecule has 1 heterocycles. The molecule has 104 valence electrons. The minimum Gasteiger partial charge on any atom is -0.342 e. The number of nitrogens with zero attached hydrogens (tertiary/aromatic N) is 1. The number of hydrogen-bond donors (Lipinski definition) is 0. The van der Waals surface area contributed by atoms with E-state index in [2.05, 4.69) is 38.1 Å². The quantitative estimate of drug-likeness (QED) is 0.782. The summed E-state index contributed by atoms with van der Waals surface area (Å²) < 4.78 is 0. The second kappa shape index (κ2) is 6.99. The van der Waals surface area contributed by atoms with E-state index in [0.29, 0.717) is 18.2 Å². The first-order valence-corrected chi connectivity index (χ1v) is 8.11. The fraction of sp³-hybridized carbons (Fsp3) is 0.562. The van der Waals surface area contributed by atoms with E-state index < -0.39 is 0 Å². The van der Waals surface area contributed by atoms with Crippen molar-refractivity contribution in [2.45, 2.75) is 38.0 Å². The maximum absolute atomic E-state index is 12.1. The van der Waals surface area contributed by atoms with Crippen molar-refractivity contribution in [2.24, 2.45) is 5.92 Å². The molecule has 19 heavy (non-hydrogen) atoms. The minimum atomic E-state index is 0.325. The number of aryl methyl sites for hydroxylation is 1. The Kier molecular flexibility index (Phi) is 5.32. The van der Waals surface area contributed by atoms with Gasteiger partial charge in [0.05, 0.1) is 0 Å². The fourth-order valence-electron chi connectivity index (χ4n) is 2.46. The average molecular weight is 277 g/mol. The minimum absolute atomic E-state index is 0.325. The molecule has 1 fully saturated rings. The van der Waals surface area contributed by atoms with Crippen LogP contribution in [0.25, 0.3) is 0 Å². The summed E-state index contributed by atoms with van der Waals surface area (Å²) >= 11 is 1.77. The van der Waals surface area contributed by atoms with Crippen LogP contribution in [-0.2, 0) is 4.79 Å². The van der Waals surface area contributed by atoms with Crippen LogP contribution in [0.4, 0.5) is 0 Å². The first-order valence-electron chi connectivity index (χ1n) is 7.12. The Balaban J connectivity index is 1.73.